The lowest BCUT2D eigenvalue weighted by Gasteiger charge is -2.56. The van der Waals surface area contributed by atoms with E-state index in [2.05, 4.69) is 15.5 Å². The highest BCUT2D eigenvalue weighted by Gasteiger charge is 2.51. The van der Waals surface area contributed by atoms with E-state index in [1.54, 1.807) is 6.07 Å². The molecule has 0 atom stereocenters. The van der Waals surface area contributed by atoms with Crippen LogP contribution in [-0.2, 0) is 0 Å². The van der Waals surface area contributed by atoms with Gasteiger partial charge in [-0.15, -0.1) is 0 Å². The van der Waals surface area contributed by atoms with Gasteiger partial charge in [0.05, 0.1) is 10.4 Å². The van der Waals surface area contributed by atoms with Gasteiger partial charge in [0.1, 0.15) is 0 Å². The molecule has 1 heterocycles. The van der Waals surface area contributed by atoms with Crippen molar-refractivity contribution in [3.8, 4) is 0 Å². The molecular formula is C18H20N4O3. The summed E-state index contributed by atoms with van der Waals surface area (Å²) in [6.07, 6.45) is 7.12. The highest BCUT2D eigenvalue weighted by molar-refractivity contribution is 6.05. The smallest absolute Gasteiger partial charge is 0.272 e. The zero-order valence-corrected chi connectivity index (χ0v) is 13.8. The Labute approximate surface area is 144 Å². The summed E-state index contributed by atoms with van der Waals surface area (Å²) in [5, 5.41) is 21.8. The largest absolute Gasteiger partial charge is 0.345 e. The molecule has 4 aliphatic rings. The lowest BCUT2D eigenvalue weighted by molar-refractivity contribution is -0.384. The maximum absolute atomic E-state index is 12.9. The third-order valence-electron chi connectivity index (χ3n) is 6.39. The van der Waals surface area contributed by atoms with Crippen LogP contribution >= 0.6 is 0 Å². The minimum absolute atomic E-state index is 0.0299. The van der Waals surface area contributed by atoms with Crippen LogP contribution in [0.3, 0.4) is 0 Å². The maximum Gasteiger partial charge on any atom is 0.272 e. The molecule has 4 saturated carbocycles. The van der Waals surface area contributed by atoms with E-state index in [-0.39, 0.29) is 22.8 Å². The first-order chi connectivity index (χ1) is 12.0. The van der Waals surface area contributed by atoms with E-state index in [0.29, 0.717) is 10.9 Å². The van der Waals surface area contributed by atoms with Crippen molar-refractivity contribution in [3.05, 3.63) is 34.0 Å². The van der Waals surface area contributed by atoms with Crippen molar-refractivity contribution in [2.75, 3.05) is 0 Å². The molecule has 0 unspecified atom stereocenters. The van der Waals surface area contributed by atoms with Crippen molar-refractivity contribution in [2.45, 2.75) is 44.1 Å². The van der Waals surface area contributed by atoms with Crippen LogP contribution in [0.25, 0.3) is 10.9 Å². The fourth-order valence-corrected chi connectivity index (χ4v) is 5.85. The second-order valence-electron chi connectivity index (χ2n) is 8.21. The summed E-state index contributed by atoms with van der Waals surface area (Å²) in [5.41, 5.74) is 0.770. The van der Waals surface area contributed by atoms with Crippen molar-refractivity contribution in [2.24, 2.45) is 17.8 Å². The molecular weight excluding hydrogens is 320 g/mol. The number of hydrogen-bond donors (Lipinski definition) is 2. The van der Waals surface area contributed by atoms with Gasteiger partial charge in [-0.2, -0.15) is 5.10 Å². The molecule has 4 fully saturated rings. The molecule has 1 aromatic carbocycles. The first-order valence-corrected chi connectivity index (χ1v) is 8.96. The van der Waals surface area contributed by atoms with Crippen LogP contribution in [-0.4, -0.2) is 26.6 Å². The van der Waals surface area contributed by atoms with Crippen LogP contribution in [0.5, 0.6) is 0 Å². The van der Waals surface area contributed by atoms with Crippen LogP contribution in [0, 0.1) is 27.9 Å². The number of carbonyl (C=O) groups excluding carboxylic acids is 1. The first-order valence-electron chi connectivity index (χ1n) is 8.96. The monoisotopic (exact) mass is 340 g/mol. The molecule has 1 aromatic heterocycles. The summed E-state index contributed by atoms with van der Waals surface area (Å²) in [5.74, 6) is 2.00. The Hall–Kier alpha value is -2.44. The van der Waals surface area contributed by atoms with Crippen molar-refractivity contribution in [1.82, 2.24) is 15.5 Å². The van der Waals surface area contributed by atoms with E-state index in [4.69, 9.17) is 0 Å². The molecule has 4 bridgehead atoms. The number of carbonyl (C=O) groups is 1. The van der Waals surface area contributed by atoms with Gasteiger partial charge in [-0.1, -0.05) is 0 Å². The lowest BCUT2D eigenvalue weighted by Crippen LogP contribution is -2.59. The van der Waals surface area contributed by atoms with Gasteiger partial charge < -0.3 is 5.32 Å². The number of benzene rings is 1. The van der Waals surface area contributed by atoms with Gasteiger partial charge in [0.15, 0.2) is 5.69 Å². The van der Waals surface area contributed by atoms with Crippen LogP contribution in [0.15, 0.2) is 18.2 Å². The predicted octanol–water partition coefficient (Wildman–Crippen LogP) is 3.17. The van der Waals surface area contributed by atoms with Crippen LogP contribution in [0.1, 0.15) is 49.0 Å². The molecule has 2 N–H and O–H groups in total. The van der Waals surface area contributed by atoms with Crippen molar-refractivity contribution >= 4 is 22.5 Å². The second-order valence-corrected chi connectivity index (χ2v) is 8.21. The van der Waals surface area contributed by atoms with Crippen LogP contribution < -0.4 is 5.32 Å². The summed E-state index contributed by atoms with van der Waals surface area (Å²) in [7, 11) is 0. The number of nitrogens with one attached hydrogen (secondary N) is 2. The number of H-pyrrole nitrogens is 1. The number of aromatic amines is 1. The number of aromatic nitrogens is 2. The number of nitro groups is 1. The Morgan fingerprint density at radius 1 is 1.20 bits per heavy atom. The van der Waals surface area contributed by atoms with Gasteiger partial charge in [0, 0.05) is 23.1 Å². The number of amides is 1. The molecule has 7 nitrogen and oxygen atoms in total. The molecule has 6 rings (SSSR count). The number of hydrogen-bond acceptors (Lipinski definition) is 4. The number of nitrogens with zero attached hydrogens (tertiary/aromatic N) is 2. The maximum atomic E-state index is 12.9. The number of fused-ring (bicyclic) bond motifs is 1. The van der Waals surface area contributed by atoms with E-state index >= 15 is 0 Å². The Bertz CT molecular complexity index is 852. The van der Waals surface area contributed by atoms with Gasteiger partial charge in [0.2, 0.25) is 0 Å². The predicted molar refractivity (Wildman–Crippen MR) is 91.1 cm³/mol. The quantitative estimate of drug-likeness (QED) is 0.662. The molecule has 7 heteroatoms. The number of rotatable bonds is 3. The summed E-state index contributed by atoms with van der Waals surface area (Å²) >= 11 is 0. The van der Waals surface area contributed by atoms with E-state index in [9.17, 15) is 14.9 Å². The van der Waals surface area contributed by atoms with Crippen molar-refractivity contribution in [1.29, 1.82) is 0 Å². The standard InChI is InChI=1S/C18H20N4O3/c23-17(16-14-6-13(22(24)25)1-2-15(14)20-21-16)19-18-7-10-3-11(8-18)5-12(4-10)9-18/h1-2,6,10-12H,3-5,7-9H2,(H,19,23)(H,20,21). The van der Waals surface area contributed by atoms with E-state index in [0.717, 1.165) is 37.0 Å². The van der Waals surface area contributed by atoms with Crippen molar-refractivity contribution < 1.29 is 9.72 Å². The Morgan fingerprint density at radius 2 is 1.84 bits per heavy atom. The molecule has 0 aliphatic heterocycles. The lowest BCUT2D eigenvalue weighted by atomic mass is 9.53. The Kier molecular flexibility index (Phi) is 2.99. The molecule has 1 amide bonds. The van der Waals surface area contributed by atoms with E-state index in [1.807, 2.05) is 0 Å². The average molecular weight is 340 g/mol. The summed E-state index contributed by atoms with van der Waals surface area (Å²) in [6, 6.07) is 4.44. The molecule has 25 heavy (non-hydrogen) atoms. The molecule has 0 spiro atoms. The van der Waals surface area contributed by atoms with Gasteiger partial charge in [0.25, 0.3) is 11.6 Å². The van der Waals surface area contributed by atoms with Crippen molar-refractivity contribution in [3.63, 3.8) is 0 Å². The van der Waals surface area contributed by atoms with E-state index in [1.165, 1.54) is 31.4 Å². The normalized spacial score (nSPS) is 32.9. The molecule has 0 saturated heterocycles. The third-order valence-corrected chi connectivity index (χ3v) is 6.39. The van der Waals surface area contributed by atoms with Gasteiger partial charge in [-0.25, -0.2) is 0 Å². The first kappa shape index (κ1) is 14.9. The highest BCUT2D eigenvalue weighted by Crippen LogP contribution is 2.55. The van der Waals surface area contributed by atoms with Gasteiger partial charge in [-0.3, -0.25) is 20.0 Å². The van der Waals surface area contributed by atoms with Gasteiger partial charge >= 0.3 is 0 Å². The number of nitro benzene ring substituents is 1. The molecule has 0 radical (unpaired) electrons. The SMILES string of the molecule is O=C(NC12CC3CC(CC(C3)C1)C2)c1n[nH]c2ccc([N+](=O)[O-])cc12. The van der Waals surface area contributed by atoms with E-state index < -0.39 is 4.92 Å². The highest BCUT2D eigenvalue weighted by atomic mass is 16.6. The summed E-state index contributed by atoms with van der Waals surface area (Å²) in [6.45, 7) is 0. The molecule has 4 aliphatic carbocycles. The second kappa shape index (κ2) is 5.03. The Morgan fingerprint density at radius 3 is 2.44 bits per heavy atom. The van der Waals surface area contributed by atoms with Crippen LogP contribution in [0.2, 0.25) is 0 Å². The zero-order valence-electron chi connectivity index (χ0n) is 13.8. The summed E-state index contributed by atoms with van der Waals surface area (Å²) in [4.78, 5) is 23.5. The van der Waals surface area contributed by atoms with Gasteiger partial charge in [-0.05, 0) is 62.3 Å². The molecule has 130 valence electrons. The zero-order chi connectivity index (χ0) is 17.2. The summed E-state index contributed by atoms with van der Waals surface area (Å²) < 4.78 is 0. The fourth-order valence-electron chi connectivity index (χ4n) is 5.85. The minimum Gasteiger partial charge on any atom is -0.345 e. The third kappa shape index (κ3) is 2.33. The minimum atomic E-state index is -0.451. The number of non-ortho nitro benzene ring substituents is 1. The average Bonchev–Trinajstić information content (AvgIpc) is 2.96. The Balaban J connectivity index is 1.46. The molecule has 2 aromatic rings. The fraction of sp³-hybridized carbons (Fsp3) is 0.556. The topological polar surface area (TPSA) is 101 Å². The van der Waals surface area contributed by atoms with Crippen LogP contribution in [0.4, 0.5) is 5.69 Å².